The Morgan fingerprint density at radius 1 is 0.944 bits per heavy atom. The summed E-state index contributed by atoms with van der Waals surface area (Å²) in [5.74, 6) is 0.0480. The molecule has 3 heteroatoms. The second-order valence-electron chi connectivity index (χ2n) is 4.27. The number of hydrogen-bond donors (Lipinski definition) is 0. The SMILES string of the molecule is Cc1ccc(C(=O)c2ccc(Br)cc2Br)c(C)c1. The lowest BCUT2D eigenvalue weighted by molar-refractivity contribution is 0.103. The van der Waals surface area contributed by atoms with Gasteiger partial charge < -0.3 is 0 Å². The van der Waals surface area contributed by atoms with Gasteiger partial charge >= 0.3 is 0 Å². The van der Waals surface area contributed by atoms with E-state index in [0.29, 0.717) is 5.56 Å². The third-order valence-electron chi connectivity index (χ3n) is 2.80. The molecule has 1 nitrogen and oxygen atoms in total. The molecule has 0 atom stereocenters. The standard InChI is InChI=1S/C15H12Br2O/c1-9-3-5-12(10(2)7-9)15(18)13-6-4-11(16)8-14(13)17/h3-8H,1-2H3. The fourth-order valence-corrected chi connectivity index (χ4v) is 3.11. The highest BCUT2D eigenvalue weighted by atomic mass is 79.9. The first-order valence-corrected chi connectivity index (χ1v) is 7.14. The Hall–Kier alpha value is -0.930. The van der Waals surface area contributed by atoms with E-state index in [-0.39, 0.29) is 5.78 Å². The van der Waals surface area contributed by atoms with Crippen LogP contribution in [0.2, 0.25) is 0 Å². The Morgan fingerprint density at radius 2 is 1.61 bits per heavy atom. The van der Waals surface area contributed by atoms with Gasteiger partial charge in [0.25, 0.3) is 0 Å². The quantitative estimate of drug-likeness (QED) is 0.678. The van der Waals surface area contributed by atoms with Gasteiger partial charge in [0.15, 0.2) is 5.78 Å². The van der Waals surface area contributed by atoms with Gasteiger partial charge in [-0.25, -0.2) is 0 Å². The summed E-state index contributed by atoms with van der Waals surface area (Å²) in [6, 6.07) is 11.5. The molecule has 0 aliphatic carbocycles. The number of carbonyl (C=O) groups excluding carboxylic acids is 1. The summed E-state index contributed by atoms with van der Waals surface area (Å²) < 4.78 is 1.76. The zero-order chi connectivity index (χ0) is 13.3. The minimum absolute atomic E-state index is 0.0480. The number of aryl methyl sites for hydroxylation is 2. The third kappa shape index (κ3) is 2.73. The average Bonchev–Trinajstić information content (AvgIpc) is 2.28. The lowest BCUT2D eigenvalue weighted by atomic mass is 9.98. The molecule has 0 amide bonds. The Labute approximate surface area is 123 Å². The van der Waals surface area contributed by atoms with Crippen LogP contribution in [-0.2, 0) is 0 Å². The highest BCUT2D eigenvalue weighted by Crippen LogP contribution is 2.25. The zero-order valence-electron chi connectivity index (χ0n) is 10.1. The van der Waals surface area contributed by atoms with Crippen LogP contribution in [0.1, 0.15) is 27.0 Å². The molecule has 0 fully saturated rings. The molecule has 0 unspecified atom stereocenters. The summed E-state index contributed by atoms with van der Waals surface area (Å²) in [6.45, 7) is 3.99. The van der Waals surface area contributed by atoms with Crippen LogP contribution in [-0.4, -0.2) is 5.78 Å². The highest BCUT2D eigenvalue weighted by Gasteiger charge is 2.14. The lowest BCUT2D eigenvalue weighted by Crippen LogP contribution is -2.04. The summed E-state index contributed by atoms with van der Waals surface area (Å²) >= 11 is 6.82. The van der Waals surface area contributed by atoms with Crippen LogP contribution in [0.15, 0.2) is 45.3 Å². The maximum Gasteiger partial charge on any atom is 0.194 e. The molecule has 0 radical (unpaired) electrons. The summed E-state index contributed by atoms with van der Waals surface area (Å²) in [5.41, 5.74) is 3.61. The predicted octanol–water partition coefficient (Wildman–Crippen LogP) is 5.06. The van der Waals surface area contributed by atoms with Crippen LogP contribution in [0.4, 0.5) is 0 Å². The van der Waals surface area contributed by atoms with Gasteiger partial charge in [0.2, 0.25) is 0 Å². The molecule has 0 N–H and O–H groups in total. The van der Waals surface area contributed by atoms with Crippen LogP contribution in [0.5, 0.6) is 0 Å². The van der Waals surface area contributed by atoms with Crippen LogP contribution >= 0.6 is 31.9 Å². The second kappa shape index (κ2) is 5.37. The molecule has 0 aliphatic rings. The Morgan fingerprint density at radius 3 is 2.22 bits per heavy atom. The normalized spacial score (nSPS) is 10.4. The van der Waals surface area contributed by atoms with E-state index < -0.39 is 0 Å². The minimum atomic E-state index is 0.0480. The fraction of sp³-hybridized carbons (Fsp3) is 0.133. The maximum absolute atomic E-state index is 12.5. The lowest BCUT2D eigenvalue weighted by Gasteiger charge is -2.08. The van der Waals surface area contributed by atoms with E-state index in [9.17, 15) is 4.79 Å². The molecule has 2 aromatic rings. The second-order valence-corrected chi connectivity index (χ2v) is 6.04. The van der Waals surface area contributed by atoms with Crippen molar-refractivity contribution in [3.63, 3.8) is 0 Å². The van der Waals surface area contributed by atoms with E-state index in [4.69, 9.17) is 0 Å². The van der Waals surface area contributed by atoms with E-state index in [1.54, 1.807) is 0 Å². The molecule has 0 aliphatic heterocycles. The van der Waals surface area contributed by atoms with Crippen molar-refractivity contribution in [1.29, 1.82) is 0 Å². The largest absolute Gasteiger partial charge is 0.289 e. The maximum atomic E-state index is 12.5. The van der Waals surface area contributed by atoms with Crippen molar-refractivity contribution >= 4 is 37.6 Å². The first-order chi connectivity index (χ1) is 8.49. The number of ketones is 1. The van der Waals surface area contributed by atoms with Crippen molar-refractivity contribution in [2.75, 3.05) is 0 Å². The molecule has 2 aromatic carbocycles. The summed E-state index contributed by atoms with van der Waals surface area (Å²) in [4.78, 5) is 12.5. The topological polar surface area (TPSA) is 17.1 Å². The van der Waals surface area contributed by atoms with Gasteiger partial charge in [-0.2, -0.15) is 0 Å². The van der Waals surface area contributed by atoms with E-state index in [2.05, 4.69) is 31.9 Å². The van der Waals surface area contributed by atoms with Gasteiger partial charge in [-0.15, -0.1) is 0 Å². The Balaban J connectivity index is 2.48. The van der Waals surface area contributed by atoms with Gasteiger partial charge in [-0.05, 0) is 53.5 Å². The Kier molecular flexibility index (Phi) is 4.03. The van der Waals surface area contributed by atoms with Gasteiger partial charge in [-0.1, -0.05) is 39.7 Å². The van der Waals surface area contributed by atoms with Gasteiger partial charge in [0, 0.05) is 20.1 Å². The first-order valence-electron chi connectivity index (χ1n) is 5.56. The van der Waals surface area contributed by atoms with E-state index >= 15 is 0 Å². The number of rotatable bonds is 2. The molecular formula is C15H12Br2O. The average molecular weight is 368 g/mol. The van der Waals surface area contributed by atoms with Crippen molar-refractivity contribution in [1.82, 2.24) is 0 Å². The summed E-state index contributed by atoms with van der Waals surface area (Å²) in [6.07, 6.45) is 0. The molecule has 92 valence electrons. The van der Waals surface area contributed by atoms with Crippen molar-refractivity contribution in [2.24, 2.45) is 0 Å². The number of benzene rings is 2. The van der Waals surface area contributed by atoms with Crippen molar-refractivity contribution < 1.29 is 4.79 Å². The van der Waals surface area contributed by atoms with Crippen molar-refractivity contribution in [2.45, 2.75) is 13.8 Å². The van der Waals surface area contributed by atoms with Crippen molar-refractivity contribution in [3.8, 4) is 0 Å². The van der Waals surface area contributed by atoms with Gasteiger partial charge in [0.05, 0.1) is 0 Å². The molecular weight excluding hydrogens is 356 g/mol. The molecule has 18 heavy (non-hydrogen) atoms. The zero-order valence-corrected chi connectivity index (χ0v) is 13.3. The summed E-state index contributed by atoms with van der Waals surface area (Å²) in [5, 5.41) is 0. The molecule has 0 aromatic heterocycles. The number of halogens is 2. The van der Waals surface area contributed by atoms with Crippen molar-refractivity contribution in [3.05, 3.63) is 67.6 Å². The number of carbonyl (C=O) groups is 1. The van der Waals surface area contributed by atoms with Gasteiger partial charge in [-0.3, -0.25) is 4.79 Å². The van der Waals surface area contributed by atoms with Crippen LogP contribution < -0.4 is 0 Å². The highest BCUT2D eigenvalue weighted by molar-refractivity contribution is 9.11. The van der Waals surface area contributed by atoms with E-state index in [1.165, 1.54) is 5.56 Å². The first kappa shape index (κ1) is 13.5. The predicted molar refractivity (Wildman–Crippen MR) is 81.2 cm³/mol. The fourth-order valence-electron chi connectivity index (χ4n) is 1.89. The van der Waals surface area contributed by atoms with E-state index in [0.717, 1.165) is 20.1 Å². The molecule has 0 saturated heterocycles. The van der Waals surface area contributed by atoms with Crippen LogP contribution in [0.25, 0.3) is 0 Å². The Bertz CT molecular complexity index is 564. The van der Waals surface area contributed by atoms with Gasteiger partial charge in [0.1, 0.15) is 0 Å². The van der Waals surface area contributed by atoms with E-state index in [1.807, 2.05) is 50.2 Å². The molecule has 0 spiro atoms. The van der Waals surface area contributed by atoms with Crippen LogP contribution in [0.3, 0.4) is 0 Å². The molecule has 2 rings (SSSR count). The molecule has 0 bridgehead atoms. The smallest absolute Gasteiger partial charge is 0.194 e. The third-order valence-corrected chi connectivity index (χ3v) is 3.95. The molecule has 0 heterocycles. The van der Waals surface area contributed by atoms with Crippen LogP contribution in [0, 0.1) is 13.8 Å². The molecule has 0 saturated carbocycles. The monoisotopic (exact) mass is 366 g/mol. The summed E-state index contributed by atoms with van der Waals surface area (Å²) in [7, 11) is 0. The minimum Gasteiger partial charge on any atom is -0.289 e. The number of hydrogen-bond acceptors (Lipinski definition) is 1.